The molecule has 0 N–H and O–H groups in total. The maximum absolute atomic E-state index is 0. The normalized spacial score (nSPS) is 0. The van der Waals surface area contributed by atoms with Crippen molar-refractivity contribution in [2.75, 3.05) is 0 Å². The zero-order valence-electron chi connectivity index (χ0n) is 1.46. The van der Waals surface area contributed by atoms with Crippen LogP contribution in [-0.4, -0.2) is 28.3 Å². The van der Waals surface area contributed by atoms with Crippen LogP contribution in [-0.2, 0) is 69.1 Å². The first-order chi connectivity index (χ1) is 0. The smallest absolute Gasteiger partial charge is 0.0149 e. The maximum atomic E-state index is 0. The Morgan fingerprint density at radius 1 is 1.00 bits per heavy atom. The Bertz CT molecular complexity index is 11.6. The van der Waals surface area contributed by atoms with E-state index in [2.05, 4.69) is 0 Å². The van der Waals surface area contributed by atoms with E-state index in [9.17, 15) is 0 Å². The van der Waals surface area contributed by atoms with Gasteiger partial charge in [0.05, 0.1) is 0 Å². The predicted molar refractivity (Wildman–Crippen MR) is 21.3 cm³/mol. The van der Waals surface area contributed by atoms with Crippen LogP contribution >= 0.6 is 0 Å². The Morgan fingerprint density at radius 2 is 1.00 bits per heavy atom. The van der Waals surface area contributed by atoms with E-state index in [4.69, 9.17) is 0 Å². The molecule has 0 amide bonds. The molecule has 0 aromatic rings. The first-order valence-electron chi connectivity index (χ1n) is 0. The van der Waals surface area contributed by atoms with Gasteiger partial charge in [-0.1, -0.05) is 0 Å². The number of hydrogen-bond donors (Lipinski definition) is 0. The van der Waals surface area contributed by atoms with Gasteiger partial charge in [0, 0.05) is 69.1 Å². The van der Waals surface area contributed by atoms with Crippen LogP contribution in [0.5, 0.6) is 0 Å². The van der Waals surface area contributed by atoms with E-state index < -0.39 is 0 Å². The van der Waals surface area contributed by atoms with E-state index in [0.717, 1.165) is 0 Å². The molecule has 0 saturated heterocycles. The van der Waals surface area contributed by atoms with Gasteiger partial charge in [0.15, 0.2) is 17.4 Å². The van der Waals surface area contributed by atoms with Crippen molar-refractivity contribution >= 4 is 28.3 Å². The van der Waals surface area contributed by atoms with Gasteiger partial charge < -0.3 is 0 Å². The molecule has 0 aliphatic heterocycles. The summed E-state index contributed by atoms with van der Waals surface area (Å²) < 4.78 is 0. The summed E-state index contributed by atoms with van der Waals surface area (Å²) in [6.45, 7) is 0. The van der Waals surface area contributed by atoms with Gasteiger partial charge in [0.2, 0.25) is 0 Å². The van der Waals surface area contributed by atoms with E-state index in [1.165, 1.54) is 0 Å². The summed E-state index contributed by atoms with van der Waals surface area (Å²) in [6.07, 6.45) is 0. The summed E-state index contributed by atoms with van der Waals surface area (Å²) in [6, 6.07) is 0. The largest absolute Gasteiger partial charge is 0.187 e. The maximum Gasteiger partial charge on any atom is 0.187 e. The van der Waals surface area contributed by atoms with E-state index in [1.807, 2.05) is 0 Å². The molecule has 0 aliphatic carbocycles. The van der Waals surface area contributed by atoms with Gasteiger partial charge in [-0.3, -0.25) is 0 Å². The van der Waals surface area contributed by atoms with Crippen LogP contribution in [0.4, 0.5) is 0 Å². The fourth-order valence-electron chi connectivity index (χ4n) is 0. The summed E-state index contributed by atoms with van der Waals surface area (Å²) in [5.74, 6) is 0. The Balaban J connectivity index is 0. The van der Waals surface area contributed by atoms with Gasteiger partial charge >= 0.3 is 0 Å². The van der Waals surface area contributed by atoms with Crippen LogP contribution in [0.2, 0.25) is 0 Å². The SMILES string of the molecule is [AlH3].[Mn].[Sc].[SiH4].[Zr]. The van der Waals surface area contributed by atoms with Crippen LogP contribution in [0.1, 0.15) is 0 Å². The average Bonchev–Trinajstić information content (AvgIpc) is 0. The molecule has 0 atom stereocenters. The van der Waals surface area contributed by atoms with E-state index in [1.54, 1.807) is 0 Å². The van der Waals surface area contributed by atoms with Crippen molar-refractivity contribution in [3.63, 3.8) is 0 Å². The molecule has 0 rings (SSSR count). The van der Waals surface area contributed by atoms with Gasteiger partial charge in [-0.15, -0.1) is 0 Å². The molecule has 0 nitrogen and oxygen atoms in total. The molecule has 0 spiro atoms. The first-order valence-corrected chi connectivity index (χ1v) is 0. The molecule has 0 aromatic carbocycles. The molecule has 2 radical (unpaired) electrons. The van der Waals surface area contributed by atoms with Crippen molar-refractivity contribution in [1.29, 1.82) is 0 Å². The van der Waals surface area contributed by atoms with Gasteiger partial charge in [-0.25, -0.2) is 0 Å². The summed E-state index contributed by atoms with van der Waals surface area (Å²) >= 11 is 0. The van der Waals surface area contributed by atoms with Crippen LogP contribution in [0.15, 0.2) is 0 Å². The fourth-order valence-corrected chi connectivity index (χ4v) is 0. The molecule has 0 aliphatic rings. The predicted octanol–water partition coefficient (Wildman–Crippen LogP) is -2.64. The molecular weight excluding hydrogens is 246 g/mol. The average molecular weight is 253 g/mol. The fraction of sp³-hybridized carbons (Fsp3) is 0. The van der Waals surface area contributed by atoms with Crippen molar-refractivity contribution in [3.8, 4) is 0 Å². The minimum Gasteiger partial charge on any atom is -0.0149 e. The Hall–Kier alpha value is 3.02. The van der Waals surface area contributed by atoms with E-state index >= 15 is 0 Å². The molecule has 0 saturated carbocycles. The Kier molecular flexibility index (Phi) is 242. The zero-order chi connectivity index (χ0) is 0. The number of hydrogen-bond acceptors (Lipinski definition) is 0. The molecule has 0 aromatic heterocycles. The minimum atomic E-state index is 0. The third kappa shape index (κ3) is 19.4. The molecule has 28 valence electrons. The van der Waals surface area contributed by atoms with Gasteiger partial charge in [0.25, 0.3) is 0 Å². The van der Waals surface area contributed by atoms with E-state index in [0.29, 0.717) is 0 Å². The molecule has 5 heteroatoms. The standard InChI is InChI=1S/Al.Mn.Sc.H4Si.Zr.3H/h;;;1H4;;;;. The quantitative estimate of drug-likeness (QED) is 0.414. The summed E-state index contributed by atoms with van der Waals surface area (Å²) in [7, 11) is 0. The van der Waals surface area contributed by atoms with Crippen molar-refractivity contribution < 1.29 is 69.1 Å². The molecule has 0 fully saturated rings. The van der Waals surface area contributed by atoms with E-state index in [-0.39, 0.29) is 97.4 Å². The van der Waals surface area contributed by atoms with Crippen molar-refractivity contribution in [2.45, 2.75) is 0 Å². The molecule has 0 heterocycles. The molecule has 0 bridgehead atoms. The van der Waals surface area contributed by atoms with Gasteiger partial charge in [-0.2, -0.15) is 0 Å². The molecular formula is H7AlMnScSiZr. The summed E-state index contributed by atoms with van der Waals surface area (Å²) in [5.41, 5.74) is 0. The monoisotopic (exact) mass is 252 g/mol. The van der Waals surface area contributed by atoms with Crippen LogP contribution in [0.3, 0.4) is 0 Å². The first kappa shape index (κ1) is 43.3. The van der Waals surface area contributed by atoms with Crippen molar-refractivity contribution in [2.24, 2.45) is 0 Å². The zero-order valence-corrected chi connectivity index (χ0v) is 6.90. The third-order valence-electron chi connectivity index (χ3n) is 0. The summed E-state index contributed by atoms with van der Waals surface area (Å²) in [5, 5.41) is 0. The second-order valence-electron chi connectivity index (χ2n) is 0. The number of rotatable bonds is 0. The van der Waals surface area contributed by atoms with Crippen LogP contribution in [0.25, 0.3) is 0 Å². The second-order valence-corrected chi connectivity index (χ2v) is 0. The Morgan fingerprint density at radius 3 is 1.00 bits per heavy atom. The molecule has 5 heavy (non-hydrogen) atoms. The topological polar surface area (TPSA) is 0 Å². The molecule has 0 unspecified atom stereocenters. The minimum absolute atomic E-state index is 0. The van der Waals surface area contributed by atoms with Crippen molar-refractivity contribution in [1.82, 2.24) is 0 Å². The van der Waals surface area contributed by atoms with Crippen LogP contribution < -0.4 is 0 Å². The Labute approximate surface area is 95.8 Å². The van der Waals surface area contributed by atoms with Gasteiger partial charge in [0.1, 0.15) is 0 Å². The van der Waals surface area contributed by atoms with Crippen molar-refractivity contribution in [3.05, 3.63) is 0 Å². The summed E-state index contributed by atoms with van der Waals surface area (Å²) in [4.78, 5) is 0. The van der Waals surface area contributed by atoms with Gasteiger partial charge in [-0.05, 0) is 11.0 Å². The van der Waals surface area contributed by atoms with Crippen LogP contribution in [0, 0.1) is 0 Å². The second kappa shape index (κ2) is 27.9. The third-order valence-corrected chi connectivity index (χ3v) is 0.